The molecule has 4 fully saturated rings. The molecule has 0 aromatic carbocycles. The molecular formula is C17H26O3. The van der Waals surface area contributed by atoms with Gasteiger partial charge in [0.15, 0.2) is 0 Å². The van der Waals surface area contributed by atoms with Crippen LogP contribution in [0.5, 0.6) is 0 Å². The summed E-state index contributed by atoms with van der Waals surface area (Å²) in [6.45, 7) is 7.05. The normalized spacial score (nSPS) is 51.6. The molecule has 0 spiro atoms. The molecule has 0 aromatic rings. The van der Waals surface area contributed by atoms with Crippen LogP contribution < -0.4 is 0 Å². The van der Waals surface area contributed by atoms with Crippen LogP contribution in [0.25, 0.3) is 0 Å². The van der Waals surface area contributed by atoms with Gasteiger partial charge in [-0.25, -0.2) is 0 Å². The monoisotopic (exact) mass is 278 g/mol. The average Bonchev–Trinajstić information content (AvgIpc) is 3.10. The number of esters is 1. The van der Waals surface area contributed by atoms with Gasteiger partial charge in [-0.15, -0.1) is 0 Å². The summed E-state index contributed by atoms with van der Waals surface area (Å²) in [5, 5.41) is 0. The lowest BCUT2D eigenvalue weighted by atomic mass is 9.70. The van der Waals surface area contributed by atoms with Gasteiger partial charge in [-0.1, -0.05) is 20.8 Å². The van der Waals surface area contributed by atoms with Crippen LogP contribution in [-0.2, 0) is 14.3 Å². The molecular weight excluding hydrogens is 252 g/mol. The number of rotatable bonds is 2. The molecule has 2 saturated heterocycles. The van der Waals surface area contributed by atoms with Gasteiger partial charge in [0, 0.05) is 5.41 Å². The third-order valence-electron chi connectivity index (χ3n) is 7.38. The first-order valence-corrected chi connectivity index (χ1v) is 8.28. The second kappa shape index (κ2) is 4.00. The van der Waals surface area contributed by atoms with Crippen molar-refractivity contribution < 1.29 is 14.3 Å². The van der Waals surface area contributed by atoms with Crippen LogP contribution in [0.4, 0.5) is 0 Å². The molecule has 2 aliphatic carbocycles. The highest BCUT2D eigenvalue weighted by Crippen LogP contribution is 2.66. The molecule has 0 aromatic heterocycles. The first-order valence-electron chi connectivity index (χ1n) is 8.28. The fourth-order valence-corrected chi connectivity index (χ4v) is 5.42. The molecule has 0 amide bonds. The molecule has 4 aliphatic rings. The first kappa shape index (κ1) is 13.1. The number of fused-ring (bicyclic) bond motifs is 4. The minimum Gasteiger partial charge on any atom is -0.461 e. The summed E-state index contributed by atoms with van der Waals surface area (Å²) in [5.41, 5.74) is 0.481. The smallest absolute Gasteiger partial charge is 0.311 e. The number of ether oxygens (including phenoxy) is 2. The van der Waals surface area contributed by atoms with Crippen molar-refractivity contribution in [3.05, 3.63) is 0 Å². The van der Waals surface area contributed by atoms with E-state index >= 15 is 0 Å². The Morgan fingerprint density at radius 1 is 1.15 bits per heavy atom. The SMILES string of the molecule is CC1(C)[C@H]2CC[C@@]1(C)[C@H](OC(=O)[C@@H]1C[C@H]3CC[C@H]1O3)C2. The zero-order valence-corrected chi connectivity index (χ0v) is 12.9. The molecule has 112 valence electrons. The van der Waals surface area contributed by atoms with Gasteiger partial charge in [-0.3, -0.25) is 4.79 Å². The van der Waals surface area contributed by atoms with E-state index in [-0.39, 0.29) is 29.5 Å². The lowest BCUT2D eigenvalue weighted by Gasteiger charge is -2.39. The van der Waals surface area contributed by atoms with Crippen molar-refractivity contribution in [2.75, 3.05) is 0 Å². The summed E-state index contributed by atoms with van der Waals surface area (Å²) in [6, 6.07) is 0. The van der Waals surface area contributed by atoms with Gasteiger partial charge in [0.25, 0.3) is 0 Å². The van der Waals surface area contributed by atoms with Gasteiger partial charge in [-0.05, 0) is 49.9 Å². The van der Waals surface area contributed by atoms with Crippen molar-refractivity contribution >= 4 is 5.97 Å². The van der Waals surface area contributed by atoms with Crippen LogP contribution in [0.2, 0.25) is 0 Å². The summed E-state index contributed by atoms with van der Waals surface area (Å²) in [4.78, 5) is 12.5. The van der Waals surface area contributed by atoms with Crippen molar-refractivity contribution in [3.63, 3.8) is 0 Å². The predicted molar refractivity (Wildman–Crippen MR) is 75.1 cm³/mol. The average molecular weight is 278 g/mol. The third-order valence-corrected chi connectivity index (χ3v) is 7.38. The van der Waals surface area contributed by atoms with E-state index in [2.05, 4.69) is 20.8 Å². The number of hydrogen-bond acceptors (Lipinski definition) is 3. The molecule has 6 atom stereocenters. The van der Waals surface area contributed by atoms with Gasteiger partial charge in [0.2, 0.25) is 0 Å². The molecule has 3 nitrogen and oxygen atoms in total. The summed E-state index contributed by atoms with van der Waals surface area (Å²) in [5.74, 6) is 0.757. The van der Waals surface area contributed by atoms with E-state index in [1.54, 1.807) is 0 Å². The molecule has 2 aliphatic heterocycles. The Hall–Kier alpha value is -0.570. The van der Waals surface area contributed by atoms with E-state index in [9.17, 15) is 4.79 Å². The van der Waals surface area contributed by atoms with E-state index in [1.807, 2.05) is 0 Å². The highest BCUT2D eigenvalue weighted by Gasteiger charge is 2.63. The summed E-state index contributed by atoms with van der Waals surface area (Å²) < 4.78 is 11.8. The Labute approximate surface area is 121 Å². The van der Waals surface area contributed by atoms with Gasteiger partial charge in [0.1, 0.15) is 6.10 Å². The predicted octanol–water partition coefficient (Wildman–Crippen LogP) is 3.31. The molecule has 0 unspecified atom stereocenters. The molecule has 3 heteroatoms. The van der Waals surface area contributed by atoms with Crippen molar-refractivity contribution in [1.29, 1.82) is 0 Å². The summed E-state index contributed by atoms with van der Waals surface area (Å²) in [7, 11) is 0. The number of carbonyl (C=O) groups excluding carboxylic acids is 1. The number of carbonyl (C=O) groups is 1. The minimum absolute atomic E-state index is 0.0135. The molecule has 0 radical (unpaired) electrons. The van der Waals surface area contributed by atoms with Crippen LogP contribution >= 0.6 is 0 Å². The quantitative estimate of drug-likeness (QED) is 0.727. The summed E-state index contributed by atoms with van der Waals surface area (Å²) in [6.07, 6.45) is 7.23. The lowest BCUT2D eigenvalue weighted by molar-refractivity contribution is -0.163. The Balaban J connectivity index is 1.47. The molecule has 2 saturated carbocycles. The van der Waals surface area contributed by atoms with E-state index < -0.39 is 0 Å². The van der Waals surface area contributed by atoms with Crippen LogP contribution in [0.3, 0.4) is 0 Å². The van der Waals surface area contributed by atoms with Crippen molar-refractivity contribution in [2.24, 2.45) is 22.7 Å². The topological polar surface area (TPSA) is 35.5 Å². The van der Waals surface area contributed by atoms with Crippen LogP contribution in [-0.4, -0.2) is 24.3 Å². The highest BCUT2D eigenvalue weighted by molar-refractivity contribution is 5.74. The maximum Gasteiger partial charge on any atom is 0.311 e. The fourth-order valence-electron chi connectivity index (χ4n) is 5.42. The van der Waals surface area contributed by atoms with E-state index in [0.29, 0.717) is 11.5 Å². The maximum absolute atomic E-state index is 12.5. The Morgan fingerprint density at radius 2 is 1.95 bits per heavy atom. The zero-order valence-electron chi connectivity index (χ0n) is 12.9. The highest BCUT2D eigenvalue weighted by atomic mass is 16.6. The molecule has 0 N–H and O–H groups in total. The Kier molecular flexibility index (Phi) is 2.62. The van der Waals surface area contributed by atoms with Crippen LogP contribution in [0, 0.1) is 22.7 Å². The first-order chi connectivity index (χ1) is 9.42. The second-order valence-electron chi connectivity index (χ2n) is 8.25. The fraction of sp³-hybridized carbons (Fsp3) is 0.941. The van der Waals surface area contributed by atoms with E-state index in [0.717, 1.165) is 31.6 Å². The largest absolute Gasteiger partial charge is 0.461 e. The van der Waals surface area contributed by atoms with Crippen LogP contribution in [0.15, 0.2) is 0 Å². The standard InChI is InChI=1S/C17H26O3/c1-16(2)10-6-7-17(16,3)14(8-10)20-15(18)12-9-11-4-5-13(12)19-11/h10-14H,4-9H2,1-3H3/t10-,11+,12+,13+,14+,17-/m0/s1. The molecule has 2 heterocycles. The lowest BCUT2D eigenvalue weighted by Crippen LogP contribution is -2.40. The zero-order chi connectivity index (χ0) is 14.1. The Bertz CT molecular complexity index is 444. The van der Waals surface area contributed by atoms with Crippen LogP contribution in [0.1, 0.15) is 59.3 Å². The van der Waals surface area contributed by atoms with Gasteiger partial charge in [-0.2, -0.15) is 0 Å². The molecule has 4 bridgehead atoms. The van der Waals surface area contributed by atoms with Crippen molar-refractivity contribution in [1.82, 2.24) is 0 Å². The minimum atomic E-state index is 0.0135. The van der Waals surface area contributed by atoms with E-state index in [4.69, 9.17) is 9.47 Å². The molecule has 20 heavy (non-hydrogen) atoms. The second-order valence-corrected chi connectivity index (χ2v) is 8.25. The number of hydrogen-bond donors (Lipinski definition) is 0. The molecule has 4 rings (SSSR count). The Morgan fingerprint density at radius 3 is 2.45 bits per heavy atom. The van der Waals surface area contributed by atoms with Gasteiger partial charge in [0.05, 0.1) is 18.1 Å². The van der Waals surface area contributed by atoms with Crippen molar-refractivity contribution in [3.8, 4) is 0 Å². The van der Waals surface area contributed by atoms with Crippen molar-refractivity contribution in [2.45, 2.75) is 77.6 Å². The van der Waals surface area contributed by atoms with Gasteiger partial charge < -0.3 is 9.47 Å². The van der Waals surface area contributed by atoms with E-state index in [1.165, 1.54) is 12.8 Å². The summed E-state index contributed by atoms with van der Waals surface area (Å²) >= 11 is 0. The van der Waals surface area contributed by atoms with Gasteiger partial charge >= 0.3 is 5.97 Å². The third kappa shape index (κ3) is 1.53. The maximum atomic E-state index is 12.5.